The minimum Gasteiger partial charge on any atom is -0.477 e. The van der Waals surface area contributed by atoms with Crippen LogP contribution in [0.4, 0.5) is 20.2 Å². The van der Waals surface area contributed by atoms with E-state index in [4.69, 9.17) is 0 Å². The van der Waals surface area contributed by atoms with Crippen LogP contribution in [0.2, 0.25) is 0 Å². The molecular weight excluding hydrogens is 470 g/mol. The lowest BCUT2D eigenvalue weighted by molar-refractivity contribution is 0.0695. The van der Waals surface area contributed by atoms with Crippen molar-refractivity contribution in [3.05, 3.63) is 58.1 Å². The normalized spacial score (nSPS) is 11.5. The Bertz CT molecular complexity index is 1770. The van der Waals surface area contributed by atoms with E-state index in [1.54, 1.807) is 49.1 Å². The van der Waals surface area contributed by atoms with Gasteiger partial charge < -0.3 is 24.9 Å². The predicted octanol–water partition coefficient (Wildman–Crippen LogP) is 4.20. The maximum Gasteiger partial charge on any atom is 0.341 e. The summed E-state index contributed by atoms with van der Waals surface area (Å²) in [7, 11) is 5.13. The lowest BCUT2D eigenvalue weighted by Gasteiger charge is -2.19. The van der Waals surface area contributed by atoms with E-state index in [9.17, 15) is 19.1 Å². The summed E-state index contributed by atoms with van der Waals surface area (Å²) < 4.78 is 31.2. The van der Waals surface area contributed by atoms with Crippen molar-refractivity contribution in [1.29, 1.82) is 0 Å². The second kappa shape index (κ2) is 8.29. The molecule has 0 aliphatic carbocycles. The molecule has 5 rings (SSSR count). The molecule has 0 fully saturated rings. The van der Waals surface area contributed by atoms with Crippen molar-refractivity contribution in [3.8, 4) is 11.1 Å². The van der Waals surface area contributed by atoms with Crippen LogP contribution in [0.25, 0.3) is 44.1 Å². The minimum atomic E-state index is -1.33. The Morgan fingerprint density at radius 1 is 1.19 bits per heavy atom. The molecule has 0 saturated heterocycles. The van der Waals surface area contributed by atoms with E-state index in [2.05, 4.69) is 20.3 Å². The van der Waals surface area contributed by atoms with Gasteiger partial charge in [0, 0.05) is 63.5 Å². The molecule has 0 aliphatic rings. The lowest BCUT2D eigenvalue weighted by atomic mass is 10.0. The lowest BCUT2D eigenvalue weighted by Crippen LogP contribution is -2.19. The number of aromatic amines is 1. The maximum absolute atomic E-state index is 15.1. The molecule has 3 N–H and O–H groups in total. The number of nitrogens with one attached hydrogen (secondary N) is 2. The third kappa shape index (κ3) is 3.27. The highest BCUT2D eigenvalue weighted by atomic mass is 19.2. The van der Waals surface area contributed by atoms with Gasteiger partial charge in [-0.3, -0.25) is 4.79 Å². The van der Waals surface area contributed by atoms with Crippen LogP contribution < -0.4 is 15.6 Å². The topological polar surface area (TPSA) is 116 Å². The van der Waals surface area contributed by atoms with Gasteiger partial charge in [0.2, 0.25) is 5.43 Å². The standard InChI is InChI=1S/C25H22F2N6O3/c1-5-33-10-14(25(35)36)22(34)12-6-11(8-30-24(12)33)13-9-29-23-18(21(13)32(3)4)17-19(27)15(26)7-16(28-2)20(17)31-23/h6-10,28H,5H2,1-4H3,(H,29,31)(H,35,36). The quantitative estimate of drug-likeness (QED) is 0.337. The summed E-state index contributed by atoms with van der Waals surface area (Å²) in [5, 5.41) is 12.9. The van der Waals surface area contributed by atoms with E-state index in [0.717, 1.165) is 6.07 Å². The summed E-state index contributed by atoms with van der Waals surface area (Å²) in [6.45, 7) is 2.23. The number of aromatic nitrogens is 4. The van der Waals surface area contributed by atoms with Crippen LogP contribution in [-0.2, 0) is 6.54 Å². The highest BCUT2D eigenvalue weighted by Crippen LogP contribution is 2.42. The zero-order chi connectivity index (χ0) is 25.9. The van der Waals surface area contributed by atoms with Gasteiger partial charge in [0.05, 0.1) is 33.1 Å². The van der Waals surface area contributed by atoms with E-state index < -0.39 is 23.0 Å². The van der Waals surface area contributed by atoms with Crippen LogP contribution in [-0.4, -0.2) is 51.7 Å². The first kappa shape index (κ1) is 23.2. The van der Waals surface area contributed by atoms with Crippen LogP contribution in [0, 0.1) is 11.6 Å². The average Bonchev–Trinajstić information content (AvgIpc) is 3.25. The average molecular weight is 492 g/mol. The molecule has 36 heavy (non-hydrogen) atoms. The van der Waals surface area contributed by atoms with Crippen LogP contribution in [0.3, 0.4) is 0 Å². The fraction of sp³-hybridized carbons (Fsp3) is 0.200. The number of hydrogen-bond donors (Lipinski definition) is 3. The summed E-state index contributed by atoms with van der Waals surface area (Å²) >= 11 is 0. The number of hydrogen-bond acceptors (Lipinski definition) is 6. The Hall–Kier alpha value is -4.54. The Kier molecular flexibility index (Phi) is 5.35. The fourth-order valence-corrected chi connectivity index (χ4v) is 4.63. The SMILES string of the molecule is CCn1cc(C(=O)O)c(=O)c2cc(-c3cnc4[nH]c5c(NC)cc(F)c(F)c5c4c3N(C)C)cnc21. The molecule has 0 bridgehead atoms. The van der Waals surface area contributed by atoms with Gasteiger partial charge in [-0.25, -0.2) is 23.5 Å². The van der Waals surface area contributed by atoms with Gasteiger partial charge in [0.25, 0.3) is 0 Å². The number of benzene rings is 1. The van der Waals surface area contributed by atoms with E-state index in [-0.39, 0.29) is 16.3 Å². The number of aryl methyl sites for hydroxylation is 1. The molecule has 4 heterocycles. The molecule has 0 aliphatic heterocycles. The molecule has 5 aromatic rings. The van der Waals surface area contributed by atoms with Gasteiger partial charge in [-0.05, 0) is 13.0 Å². The van der Waals surface area contributed by atoms with Crippen LogP contribution in [0.5, 0.6) is 0 Å². The van der Waals surface area contributed by atoms with Crippen molar-refractivity contribution < 1.29 is 18.7 Å². The molecule has 0 amide bonds. The number of pyridine rings is 3. The number of carboxylic acids is 1. The van der Waals surface area contributed by atoms with E-state index in [1.165, 1.54) is 6.20 Å². The Morgan fingerprint density at radius 3 is 2.58 bits per heavy atom. The second-order valence-electron chi connectivity index (χ2n) is 8.54. The van der Waals surface area contributed by atoms with Gasteiger partial charge in [-0.2, -0.15) is 0 Å². The monoisotopic (exact) mass is 492 g/mol. The number of rotatable bonds is 5. The third-order valence-electron chi connectivity index (χ3n) is 6.28. The van der Waals surface area contributed by atoms with E-state index >= 15 is 4.39 Å². The van der Waals surface area contributed by atoms with Crippen LogP contribution >= 0.6 is 0 Å². The number of carbonyl (C=O) groups is 1. The fourth-order valence-electron chi connectivity index (χ4n) is 4.63. The molecule has 0 saturated carbocycles. The number of nitrogens with zero attached hydrogens (tertiary/aromatic N) is 4. The number of fused-ring (bicyclic) bond motifs is 4. The van der Waals surface area contributed by atoms with Gasteiger partial charge in [-0.15, -0.1) is 0 Å². The third-order valence-corrected chi connectivity index (χ3v) is 6.28. The Morgan fingerprint density at radius 2 is 1.94 bits per heavy atom. The second-order valence-corrected chi connectivity index (χ2v) is 8.54. The smallest absolute Gasteiger partial charge is 0.341 e. The van der Waals surface area contributed by atoms with Crippen LogP contribution in [0.15, 0.2) is 35.5 Å². The van der Waals surface area contributed by atoms with Gasteiger partial charge in [0.15, 0.2) is 11.6 Å². The summed E-state index contributed by atoms with van der Waals surface area (Å²) in [5.41, 5.74) is 1.95. The number of aromatic carboxylic acids is 1. The molecule has 4 aromatic heterocycles. The summed E-state index contributed by atoms with van der Waals surface area (Å²) in [6.07, 6.45) is 4.39. The van der Waals surface area contributed by atoms with Crippen molar-refractivity contribution in [3.63, 3.8) is 0 Å². The van der Waals surface area contributed by atoms with Gasteiger partial charge in [0.1, 0.15) is 16.9 Å². The largest absolute Gasteiger partial charge is 0.477 e. The highest BCUT2D eigenvalue weighted by Gasteiger charge is 2.24. The first-order valence-corrected chi connectivity index (χ1v) is 11.1. The molecule has 184 valence electrons. The molecular formula is C25H22F2N6O3. The summed E-state index contributed by atoms with van der Waals surface area (Å²) in [6, 6.07) is 2.64. The number of anilines is 2. The van der Waals surface area contributed by atoms with E-state index in [1.807, 2.05) is 6.92 Å². The molecule has 11 heteroatoms. The zero-order valence-electron chi connectivity index (χ0n) is 19.9. The van der Waals surface area contributed by atoms with Crippen molar-refractivity contribution in [2.24, 2.45) is 0 Å². The molecule has 0 spiro atoms. The summed E-state index contributed by atoms with van der Waals surface area (Å²) in [5.74, 6) is -3.34. The molecule has 0 atom stereocenters. The van der Waals surface area contributed by atoms with Crippen molar-refractivity contribution >= 4 is 50.3 Å². The number of carboxylic acid groups (broad SMARTS) is 1. The first-order chi connectivity index (χ1) is 17.2. The Balaban J connectivity index is 1.89. The van der Waals surface area contributed by atoms with Crippen molar-refractivity contribution in [2.45, 2.75) is 13.5 Å². The number of H-pyrrole nitrogens is 1. The van der Waals surface area contributed by atoms with Crippen molar-refractivity contribution in [1.82, 2.24) is 19.5 Å². The summed E-state index contributed by atoms with van der Waals surface area (Å²) in [4.78, 5) is 38.4. The van der Waals surface area contributed by atoms with E-state index in [0.29, 0.717) is 51.2 Å². The van der Waals surface area contributed by atoms with Gasteiger partial charge in [-0.1, -0.05) is 0 Å². The molecule has 0 radical (unpaired) electrons. The van der Waals surface area contributed by atoms with Crippen LogP contribution in [0.1, 0.15) is 17.3 Å². The maximum atomic E-state index is 15.1. The highest BCUT2D eigenvalue weighted by molar-refractivity contribution is 6.18. The Labute approximate surface area is 203 Å². The predicted molar refractivity (Wildman–Crippen MR) is 135 cm³/mol. The first-order valence-electron chi connectivity index (χ1n) is 11.1. The molecule has 1 aromatic carbocycles. The zero-order valence-corrected chi connectivity index (χ0v) is 19.9. The van der Waals surface area contributed by atoms with Gasteiger partial charge >= 0.3 is 5.97 Å². The number of halogens is 2. The minimum absolute atomic E-state index is 0.0441. The molecule has 0 unspecified atom stereocenters. The molecule has 9 nitrogen and oxygen atoms in total. The van der Waals surface area contributed by atoms with Crippen molar-refractivity contribution in [2.75, 3.05) is 31.4 Å².